The molecule has 6 bridgehead atoms. The minimum Gasteiger partial charge on any atom is -0.508 e. The number of methoxy groups -OCH3 is 1. The highest BCUT2D eigenvalue weighted by atomic mass is 16.5. The number of nitrogens with zero attached hydrogens (tertiary/aromatic N) is 4. The van der Waals surface area contributed by atoms with Crippen molar-refractivity contribution in [2.24, 2.45) is 11.3 Å². The smallest absolute Gasteiger partial charge is 0.328 e. The van der Waals surface area contributed by atoms with E-state index in [2.05, 4.69) is 53.2 Å². The van der Waals surface area contributed by atoms with Gasteiger partial charge in [0.2, 0.25) is 11.8 Å². The molecule has 2 aromatic carbocycles. The summed E-state index contributed by atoms with van der Waals surface area (Å²) in [6, 6.07) is 11.3. The Kier molecular flexibility index (Phi) is 13.1. The summed E-state index contributed by atoms with van der Waals surface area (Å²) < 4.78 is 14.5. The van der Waals surface area contributed by atoms with Crippen LogP contribution in [-0.2, 0) is 48.0 Å². The van der Waals surface area contributed by atoms with Crippen molar-refractivity contribution >= 4 is 34.6 Å². The van der Waals surface area contributed by atoms with E-state index < -0.39 is 40.8 Å². The minimum atomic E-state index is -1.63. The third kappa shape index (κ3) is 8.91. The molecule has 4 atom stereocenters. The highest BCUT2D eigenvalue weighted by Gasteiger charge is 2.46. The molecule has 4 aromatic rings. The number of pyridine rings is 1. The maximum atomic E-state index is 14.6. The summed E-state index contributed by atoms with van der Waals surface area (Å²) in [5, 5.41) is 27.1. The zero-order valence-corrected chi connectivity index (χ0v) is 36.3. The van der Waals surface area contributed by atoms with Crippen LogP contribution in [0.2, 0.25) is 0 Å². The topological polar surface area (TPSA) is 176 Å². The van der Waals surface area contributed by atoms with Gasteiger partial charge in [0.05, 0.1) is 25.0 Å². The number of aliphatic carboxylic acids is 1. The van der Waals surface area contributed by atoms with E-state index in [1.165, 1.54) is 16.8 Å². The molecule has 4 heterocycles. The number of nitrogens with one attached hydrogen (secondary N) is 2. The second-order valence-corrected chi connectivity index (χ2v) is 17.5. The van der Waals surface area contributed by atoms with Crippen molar-refractivity contribution in [1.29, 1.82) is 0 Å². The Labute approximate surface area is 352 Å². The van der Waals surface area contributed by atoms with E-state index in [4.69, 9.17) is 9.47 Å². The van der Waals surface area contributed by atoms with Crippen molar-refractivity contribution in [3.05, 3.63) is 71.5 Å². The SMILES string of the molecule is CCn1c(-c2cnccc2[C@H](C)OC)c2c3cc(ccc31)-c1cc(O)cc(c1)C[C@H](NC(=O)[C@H](C(C)C)N(C)C(C)=O)C(=O)N1CCC[C@@](C(=O)O)(COCC(C)(C)C2)N1. The molecular formula is C46H60N6O8. The number of hydrogen-bond donors (Lipinski definition) is 4. The van der Waals surface area contributed by atoms with Crippen LogP contribution in [0, 0.1) is 11.3 Å². The number of amides is 3. The van der Waals surface area contributed by atoms with Crippen LogP contribution in [0.15, 0.2) is 54.9 Å². The van der Waals surface area contributed by atoms with Gasteiger partial charge in [-0.3, -0.25) is 29.2 Å². The molecule has 14 nitrogen and oxygen atoms in total. The summed E-state index contributed by atoms with van der Waals surface area (Å²) in [6.07, 6.45) is 4.54. The number of carboxylic acid groups (broad SMARTS) is 1. The summed E-state index contributed by atoms with van der Waals surface area (Å²) in [5.41, 5.74) is 8.03. The van der Waals surface area contributed by atoms with Crippen LogP contribution in [0.25, 0.3) is 33.3 Å². The second kappa shape index (κ2) is 17.7. The summed E-state index contributed by atoms with van der Waals surface area (Å²) in [6.45, 7) is 14.2. The van der Waals surface area contributed by atoms with Gasteiger partial charge in [0, 0.05) is 69.5 Å². The monoisotopic (exact) mass is 824 g/mol. The number of aromatic nitrogens is 2. The Balaban J connectivity index is 1.55. The molecule has 1 fully saturated rings. The van der Waals surface area contributed by atoms with Gasteiger partial charge in [-0.05, 0) is 103 Å². The van der Waals surface area contributed by atoms with E-state index in [-0.39, 0.29) is 56.3 Å². The van der Waals surface area contributed by atoms with Crippen LogP contribution in [0.5, 0.6) is 5.75 Å². The van der Waals surface area contributed by atoms with Crippen molar-refractivity contribution < 1.29 is 38.9 Å². The molecular weight excluding hydrogens is 765 g/mol. The third-order valence-electron chi connectivity index (χ3n) is 12.1. The normalized spacial score (nSPS) is 20.7. The molecule has 0 saturated carbocycles. The van der Waals surface area contributed by atoms with Crippen LogP contribution in [0.3, 0.4) is 0 Å². The minimum absolute atomic E-state index is 0.0224. The van der Waals surface area contributed by atoms with E-state index in [1.54, 1.807) is 32.5 Å². The van der Waals surface area contributed by atoms with E-state index in [1.807, 2.05) is 45.2 Å². The number of rotatable bonds is 9. The lowest BCUT2D eigenvalue weighted by Gasteiger charge is -2.42. The van der Waals surface area contributed by atoms with Crippen LogP contribution < -0.4 is 10.7 Å². The molecule has 3 amide bonds. The quantitative estimate of drug-likeness (QED) is 0.160. The molecule has 2 aliphatic heterocycles. The van der Waals surface area contributed by atoms with Gasteiger partial charge in [-0.2, -0.15) is 0 Å². The average Bonchev–Trinajstić information content (AvgIpc) is 3.50. The fourth-order valence-electron chi connectivity index (χ4n) is 8.89. The van der Waals surface area contributed by atoms with Crippen molar-refractivity contribution in [3.8, 4) is 28.1 Å². The zero-order valence-electron chi connectivity index (χ0n) is 36.3. The Morgan fingerprint density at radius 3 is 2.52 bits per heavy atom. The predicted molar refractivity (Wildman–Crippen MR) is 229 cm³/mol. The van der Waals surface area contributed by atoms with Gasteiger partial charge in [0.1, 0.15) is 17.8 Å². The van der Waals surface area contributed by atoms with E-state index >= 15 is 0 Å². The molecule has 6 rings (SSSR count). The molecule has 4 N–H and O–H groups in total. The molecule has 2 aliphatic rings. The van der Waals surface area contributed by atoms with Gasteiger partial charge in [-0.25, -0.2) is 5.43 Å². The summed E-state index contributed by atoms with van der Waals surface area (Å²) in [5.74, 6) is -2.86. The van der Waals surface area contributed by atoms with Crippen molar-refractivity contribution in [1.82, 2.24) is 30.2 Å². The average molecular weight is 825 g/mol. The molecule has 1 saturated heterocycles. The van der Waals surface area contributed by atoms with E-state index in [0.717, 1.165) is 38.9 Å². The van der Waals surface area contributed by atoms with Crippen LogP contribution >= 0.6 is 0 Å². The highest BCUT2D eigenvalue weighted by Crippen LogP contribution is 2.42. The molecule has 322 valence electrons. The number of phenols is 1. The lowest BCUT2D eigenvalue weighted by atomic mass is 9.83. The number of likely N-dealkylation sites (N-methyl/N-ethyl adjacent to an activating group) is 1. The summed E-state index contributed by atoms with van der Waals surface area (Å²) in [4.78, 5) is 60.1. The van der Waals surface area contributed by atoms with Crippen molar-refractivity contribution in [3.63, 3.8) is 0 Å². The molecule has 0 radical (unpaired) electrons. The first-order chi connectivity index (χ1) is 28.4. The second-order valence-electron chi connectivity index (χ2n) is 17.5. The first-order valence-electron chi connectivity index (χ1n) is 20.8. The Morgan fingerprint density at radius 2 is 1.85 bits per heavy atom. The Bertz CT molecular complexity index is 2270. The Morgan fingerprint density at radius 1 is 1.10 bits per heavy atom. The molecule has 14 heteroatoms. The third-order valence-corrected chi connectivity index (χ3v) is 12.1. The largest absolute Gasteiger partial charge is 0.508 e. The fourth-order valence-corrected chi connectivity index (χ4v) is 8.89. The van der Waals surface area contributed by atoms with Crippen LogP contribution in [0.4, 0.5) is 0 Å². The summed E-state index contributed by atoms with van der Waals surface area (Å²) >= 11 is 0. The number of ether oxygens (including phenoxy) is 2. The number of aromatic hydroxyl groups is 1. The number of fused-ring (bicyclic) bond motifs is 6. The summed E-state index contributed by atoms with van der Waals surface area (Å²) in [7, 11) is 3.23. The number of phenolic OH excluding ortho intramolecular Hbond substituents is 1. The van der Waals surface area contributed by atoms with Gasteiger partial charge in [0.25, 0.3) is 5.91 Å². The van der Waals surface area contributed by atoms with E-state index in [0.29, 0.717) is 30.5 Å². The molecule has 60 heavy (non-hydrogen) atoms. The number of carboxylic acids is 1. The first kappa shape index (κ1) is 44.2. The number of hydrazine groups is 1. The maximum absolute atomic E-state index is 14.6. The lowest BCUT2D eigenvalue weighted by Crippen LogP contribution is -2.68. The number of carbonyl (C=O) groups excluding carboxylic acids is 3. The van der Waals surface area contributed by atoms with Crippen molar-refractivity contribution in [2.45, 2.75) is 104 Å². The number of hydrogen-bond acceptors (Lipinski definition) is 9. The molecule has 0 unspecified atom stereocenters. The number of benzene rings is 2. The predicted octanol–water partition coefficient (Wildman–Crippen LogP) is 5.88. The number of carbonyl (C=O) groups is 4. The molecule has 0 spiro atoms. The maximum Gasteiger partial charge on any atom is 0.328 e. The van der Waals surface area contributed by atoms with Crippen molar-refractivity contribution in [2.75, 3.05) is 33.9 Å². The van der Waals surface area contributed by atoms with Crippen LogP contribution in [0.1, 0.15) is 84.1 Å². The Hall–Kier alpha value is -5.31. The molecule has 2 aromatic heterocycles. The van der Waals surface area contributed by atoms with Gasteiger partial charge in [-0.1, -0.05) is 39.8 Å². The zero-order chi connectivity index (χ0) is 43.7. The van der Waals surface area contributed by atoms with Gasteiger partial charge in [-0.15, -0.1) is 0 Å². The standard InChI is InChI=1S/C46H60N6O8/c1-10-51-39-13-12-31-22-35(39)36(41(51)37-24-47-16-14-34(37)28(4)59-9)23-45(6,7)25-60-26-46(44(57)58)15-11-17-52(49-46)43(56)38(20-30-18-32(31)21-33(54)19-30)48-42(55)40(27(2)3)50(8)29(5)53/h12-14,16,18-19,21-22,24,27-28,38,40,49,54H,10-11,15,17,20,23,25-26H2,1-9H3,(H,48,55)(H,57,58)/t28-,38-,40-,46-/m0/s1. The number of aryl methyl sites for hydroxylation is 1. The molecule has 0 aliphatic carbocycles. The lowest BCUT2D eigenvalue weighted by molar-refractivity contribution is -0.161. The first-order valence-corrected chi connectivity index (χ1v) is 20.8. The van der Waals surface area contributed by atoms with Crippen LogP contribution in [-0.4, -0.2) is 105 Å². The van der Waals surface area contributed by atoms with Gasteiger partial charge < -0.3 is 34.5 Å². The van der Waals surface area contributed by atoms with Gasteiger partial charge in [0.15, 0.2) is 5.54 Å². The fraction of sp³-hybridized carbons (Fsp3) is 0.500. The highest BCUT2D eigenvalue weighted by molar-refractivity contribution is 5.96. The van der Waals surface area contributed by atoms with E-state index in [9.17, 15) is 29.4 Å². The van der Waals surface area contributed by atoms with Gasteiger partial charge >= 0.3 is 5.97 Å².